The van der Waals surface area contributed by atoms with Crippen molar-refractivity contribution in [3.05, 3.63) is 77.1 Å². The molecule has 1 atom stereocenters. The van der Waals surface area contributed by atoms with Gasteiger partial charge < -0.3 is 4.90 Å². The van der Waals surface area contributed by atoms with Gasteiger partial charge in [0.05, 0.1) is 18.2 Å². The molecule has 3 rings (SSSR count). The van der Waals surface area contributed by atoms with Crippen molar-refractivity contribution in [3.8, 4) is 10.6 Å². The van der Waals surface area contributed by atoms with Gasteiger partial charge in [0.2, 0.25) is 5.91 Å². The Labute approximate surface area is 157 Å². The predicted octanol–water partition coefficient (Wildman–Crippen LogP) is 5.10. The summed E-state index contributed by atoms with van der Waals surface area (Å²) in [6.07, 6.45) is 1.03. The molecule has 0 fully saturated rings. The summed E-state index contributed by atoms with van der Waals surface area (Å²) in [5, 5.41) is 2.86. The Kier molecular flexibility index (Phi) is 5.78. The zero-order chi connectivity index (χ0) is 18.5. The topological polar surface area (TPSA) is 33.2 Å². The van der Waals surface area contributed by atoms with Crippen LogP contribution in [0, 0.1) is 5.82 Å². The molecule has 0 N–H and O–H groups in total. The quantitative estimate of drug-likeness (QED) is 0.606. The smallest absolute Gasteiger partial charge is 0.228 e. The van der Waals surface area contributed by atoms with Gasteiger partial charge in [0.1, 0.15) is 10.8 Å². The molecule has 5 heteroatoms. The number of hydrogen-bond acceptors (Lipinski definition) is 3. The van der Waals surface area contributed by atoms with Gasteiger partial charge in [-0.1, -0.05) is 49.4 Å². The summed E-state index contributed by atoms with van der Waals surface area (Å²) in [5.41, 5.74) is 2.77. The van der Waals surface area contributed by atoms with Gasteiger partial charge in [0.15, 0.2) is 0 Å². The van der Waals surface area contributed by atoms with Crippen molar-refractivity contribution in [1.29, 1.82) is 0 Å². The summed E-state index contributed by atoms with van der Waals surface area (Å²) in [7, 11) is 1.80. The summed E-state index contributed by atoms with van der Waals surface area (Å²) in [6.45, 7) is 2.02. The molecule has 0 spiro atoms. The fourth-order valence-corrected chi connectivity index (χ4v) is 3.80. The number of likely N-dealkylation sites (N-methyl/N-ethyl adjacent to an activating group) is 1. The van der Waals surface area contributed by atoms with Crippen LogP contribution in [0.4, 0.5) is 4.39 Å². The number of aromatic nitrogens is 1. The average Bonchev–Trinajstić information content (AvgIpc) is 3.13. The molecule has 1 aromatic heterocycles. The minimum atomic E-state index is -0.270. The minimum absolute atomic E-state index is 0.00564. The Morgan fingerprint density at radius 3 is 2.50 bits per heavy atom. The standard InChI is InChI=1S/C21H21FN2OS/c1-3-19(15-9-11-17(22)12-10-15)24(2)20(25)13-18-14-26-21(23-18)16-7-5-4-6-8-16/h4-12,14,19H,3,13H2,1-2H3/t19-/m1/s1. The Hall–Kier alpha value is -2.53. The number of carbonyl (C=O) groups is 1. The number of thiazole rings is 1. The van der Waals surface area contributed by atoms with E-state index in [4.69, 9.17) is 0 Å². The molecular weight excluding hydrogens is 347 g/mol. The first-order chi connectivity index (χ1) is 12.6. The molecule has 1 heterocycles. The van der Waals surface area contributed by atoms with Crippen LogP contribution in [0.3, 0.4) is 0 Å². The zero-order valence-corrected chi connectivity index (χ0v) is 15.7. The maximum Gasteiger partial charge on any atom is 0.228 e. The van der Waals surface area contributed by atoms with E-state index in [9.17, 15) is 9.18 Å². The summed E-state index contributed by atoms with van der Waals surface area (Å²) in [5.74, 6) is -0.264. The van der Waals surface area contributed by atoms with Crippen molar-refractivity contribution >= 4 is 17.2 Å². The van der Waals surface area contributed by atoms with Gasteiger partial charge in [-0.25, -0.2) is 9.37 Å². The van der Waals surface area contributed by atoms with E-state index in [1.165, 1.54) is 12.1 Å². The number of amides is 1. The van der Waals surface area contributed by atoms with E-state index in [0.717, 1.165) is 28.2 Å². The van der Waals surface area contributed by atoms with Crippen LogP contribution in [-0.2, 0) is 11.2 Å². The maximum absolute atomic E-state index is 13.2. The van der Waals surface area contributed by atoms with Crippen molar-refractivity contribution < 1.29 is 9.18 Å². The van der Waals surface area contributed by atoms with Crippen molar-refractivity contribution in [2.75, 3.05) is 7.05 Å². The third kappa shape index (κ3) is 4.17. The minimum Gasteiger partial charge on any atom is -0.338 e. The molecule has 0 bridgehead atoms. The molecule has 0 saturated carbocycles. The van der Waals surface area contributed by atoms with Gasteiger partial charge in [-0.3, -0.25) is 4.79 Å². The average molecular weight is 368 g/mol. The second kappa shape index (κ2) is 8.23. The third-order valence-corrected chi connectivity index (χ3v) is 5.35. The van der Waals surface area contributed by atoms with Crippen LogP contribution >= 0.6 is 11.3 Å². The lowest BCUT2D eigenvalue weighted by Gasteiger charge is -2.27. The highest BCUT2D eigenvalue weighted by Crippen LogP contribution is 2.26. The van der Waals surface area contributed by atoms with E-state index in [2.05, 4.69) is 4.98 Å². The van der Waals surface area contributed by atoms with Gasteiger partial charge in [-0.05, 0) is 24.1 Å². The molecule has 3 aromatic rings. The number of benzene rings is 2. The molecule has 0 radical (unpaired) electrons. The lowest BCUT2D eigenvalue weighted by Crippen LogP contribution is -2.32. The van der Waals surface area contributed by atoms with Gasteiger partial charge >= 0.3 is 0 Å². The lowest BCUT2D eigenvalue weighted by molar-refractivity contribution is -0.131. The SMILES string of the molecule is CC[C@H](c1ccc(F)cc1)N(C)C(=O)Cc1csc(-c2ccccc2)n1. The Balaban J connectivity index is 1.70. The van der Waals surface area contributed by atoms with Gasteiger partial charge in [0, 0.05) is 18.0 Å². The first-order valence-electron chi connectivity index (χ1n) is 8.59. The lowest BCUT2D eigenvalue weighted by atomic mass is 10.0. The fraction of sp³-hybridized carbons (Fsp3) is 0.238. The van der Waals surface area contributed by atoms with E-state index in [1.54, 1.807) is 35.4 Å². The van der Waals surface area contributed by atoms with Crippen LogP contribution < -0.4 is 0 Å². The molecule has 2 aromatic carbocycles. The van der Waals surface area contributed by atoms with E-state index in [1.807, 2.05) is 42.6 Å². The van der Waals surface area contributed by atoms with Crippen LogP contribution in [0.15, 0.2) is 60.0 Å². The maximum atomic E-state index is 13.2. The van der Waals surface area contributed by atoms with Gasteiger partial charge in [-0.15, -0.1) is 11.3 Å². The summed E-state index contributed by atoms with van der Waals surface area (Å²) < 4.78 is 13.2. The number of nitrogens with zero attached hydrogens (tertiary/aromatic N) is 2. The van der Waals surface area contributed by atoms with Crippen molar-refractivity contribution in [3.63, 3.8) is 0 Å². The van der Waals surface area contributed by atoms with E-state index >= 15 is 0 Å². The molecule has 0 saturated heterocycles. The first kappa shape index (κ1) is 18.3. The normalized spacial score (nSPS) is 12.0. The Morgan fingerprint density at radius 2 is 1.85 bits per heavy atom. The summed E-state index contributed by atoms with van der Waals surface area (Å²) >= 11 is 1.54. The van der Waals surface area contributed by atoms with Crippen LogP contribution in [0.2, 0.25) is 0 Å². The van der Waals surface area contributed by atoms with Crippen molar-refractivity contribution in [2.45, 2.75) is 25.8 Å². The Bertz CT molecular complexity index is 861. The second-order valence-corrected chi connectivity index (χ2v) is 7.03. The number of halogens is 1. The molecule has 0 unspecified atom stereocenters. The monoisotopic (exact) mass is 368 g/mol. The molecule has 0 aliphatic rings. The number of rotatable bonds is 6. The van der Waals surface area contributed by atoms with Crippen LogP contribution in [0.1, 0.15) is 30.6 Å². The molecule has 134 valence electrons. The highest BCUT2D eigenvalue weighted by molar-refractivity contribution is 7.13. The molecule has 3 nitrogen and oxygen atoms in total. The largest absolute Gasteiger partial charge is 0.338 e. The highest BCUT2D eigenvalue weighted by atomic mass is 32.1. The molecule has 26 heavy (non-hydrogen) atoms. The predicted molar refractivity (Wildman–Crippen MR) is 103 cm³/mol. The summed E-state index contributed by atoms with van der Waals surface area (Å²) in [4.78, 5) is 19.0. The van der Waals surface area contributed by atoms with Gasteiger partial charge in [-0.2, -0.15) is 0 Å². The molecule has 0 aliphatic carbocycles. The number of hydrogen-bond donors (Lipinski definition) is 0. The van der Waals surface area contributed by atoms with Crippen molar-refractivity contribution in [2.24, 2.45) is 0 Å². The van der Waals surface area contributed by atoms with Crippen LogP contribution in [-0.4, -0.2) is 22.8 Å². The van der Waals surface area contributed by atoms with Gasteiger partial charge in [0.25, 0.3) is 0 Å². The fourth-order valence-electron chi connectivity index (χ4n) is 2.97. The Morgan fingerprint density at radius 1 is 1.15 bits per heavy atom. The summed E-state index contributed by atoms with van der Waals surface area (Å²) in [6, 6.07) is 16.2. The van der Waals surface area contributed by atoms with E-state index < -0.39 is 0 Å². The third-order valence-electron chi connectivity index (χ3n) is 4.41. The molecular formula is C21H21FN2OS. The zero-order valence-electron chi connectivity index (χ0n) is 14.9. The van der Waals surface area contributed by atoms with E-state index in [0.29, 0.717) is 0 Å². The second-order valence-electron chi connectivity index (χ2n) is 6.17. The van der Waals surface area contributed by atoms with Crippen molar-refractivity contribution in [1.82, 2.24) is 9.88 Å². The number of carbonyl (C=O) groups excluding carboxylic acids is 1. The molecule has 1 amide bonds. The van der Waals surface area contributed by atoms with E-state index in [-0.39, 0.29) is 24.2 Å². The van der Waals surface area contributed by atoms with Crippen LogP contribution in [0.25, 0.3) is 10.6 Å². The van der Waals surface area contributed by atoms with Crippen LogP contribution in [0.5, 0.6) is 0 Å². The first-order valence-corrected chi connectivity index (χ1v) is 9.47. The molecule has 0 aliphatic heterocycles. The highest BCUT2D eigenvalue weighted by Gasteiger charge is 2.21.